The van der Waals surface area contributed by atoms with Crippen molar-refractivity contribution in [2.75, 3.05) is 14.2 Å². The van der Waals surface area contributed by atoms with Gasteiger partial charge in [0, 0.05) is 12.1 Å². The fraction of sp³-hybridized carbons (Fsp3) is 0.588. The van der Waals surface area contributed by atoms with Crippen molar-refractivity contribution in [2.45, 2.75) is 46.2 Å². The van der Waals surface area contributed by atoms with E-state index >= 15 is 0 Å². The Morgan fingerprint density at radius 3 is 2.45 bits per heavy atom. The van der Waals surface area contributed by atoms with Crippen LogP contribution in [0.5, 0.6) is 11.5 Å². The number of hydrogen-bond acceptors (Lipinski definition) is 4. The summed E-state index contributed by atoms with van der Waals surface area (Å²) >= 11 is 0. The quantitative estimate of drug-likeness (QED) is 0.772. The number of rotatable bonds is 8. The van der Waals surface area contributed by atoms with Gasteiger partial charge in [-0.25, -0.2) is 0 Å². The molecule has 0 aliphatic rings. The van der Waals surface area contributed by atoms with E-state index in [-0.39, 0.29) is 5.41 Å². The molecule has 0 aliphatic carbocycles. The second-order valence-corrected chi connectivity index (χ2v) is 6.55. The fourth-order valence-corrected chi connectivity index (χ4v) is 2.14. The van der Waals surface area contributed by atoms with Crippen molar-refractivity contribution in [1.29, 1.82) is 0 Å². The summed E-state index contributed by atoms with van der Waals surface area (Å²) in [5.41, 5.74) is 0.993. The zero-order valence-corrected chi connectivity index (χ0v) is 14.1. The number of benzene rings is 1. The van der Waals surface area contributed by atoms with E-state index in [0.717, 1.165) is 17.7 Å². The Morgan fingerprint density at radius 2 is 1.95 bits per heavy atom. The van der Waals surface area contributed by atoms with Gasteiger partial charge in [-0.15, -0.1) is 0 Å². The predicted molar refractivity (Wildman–Crippen MR) is 86.5 cm³/mol. The minimum atomic E-state index is -0.828. The molecule has 0 saturated heterocycles. The largest absolute Gasteiger partial charge is 0.497 e. The van der Waals surface area contributed by atoms with Crippen LogP contribution in [0, 0.1) is 5.41 Å². The molecule has 1 atom stereocenters. The Labute approximate surface area is 132 Å². The number of methoxy groups -OCH3 is 2. The SMILES string of the molecule is COc1ccc(OC)c(CN[C@@H](CCC(C)(C)C)C(=O)O)c1. The van der Waals surface area contributed by atoms with Crippen molar-refractivity contribution >= 4 is 5.97 Å². The molecule has 0 aromatic heterocycles. The number of nitrogens with one attached hydrogen (secondary N) is 1. The summed E-state index contributed by atoms with van der Waals surface area (Å²) in [6, 6.07) is 4.92. The molecule has 1 rings (SSSR count). The van der Waals surface area contributed by atoms with E-state index in [2.05, 4.69) is 26.1 Å². The van der Waals surface area contributed by atoms with E-state index in [1.807, 2.05) is 18.2 Å². The Hall–Kier alpha value is -1.75. The molecule has 0 unspecified atom stereocenters. The van der Waals surface area contributed by atoms with Crippen LogP contribution in [-0.2, 0) is 11.3 Å². The van der Waals surface area contributed by atoms with Gasteiger partial charge in [-0.05, 0) is 36.5 Å². The number of carboxylic acid groups (broad SMARTS) is 1. The zero-order valence-electron chi connectivity index (χ0n) is 14.1. The van der Waals surface area contributed by atoms with Crippen molar-refractivity contribution in [2.24, 2.45) is 5.41 Å². The van der Waals surface area contributed by atoms with E-state index < -0.39 is 12.0 Å². The van der Waals surface area contributed by atoms with Gasteiger partial charge in [0.2, 0.25) is 0 Å². The highest BCUT2D eigenvalue weighted by Crippen LogP contribution is 2.25. The van der Waals surface area contributed by atoms with Crippen LogP contribution in [0.15, 0.2) is 18.2 Å². The Balaban J connectivity index is 2.74. The monoisotopic (exact) mass is 309 g/mol. The first-order valence-corrected chi connectivity index (χ1v) is 7.44. The number of aliphatic carboxylic acids is 1. The molecule has 0 fully saturated rings. The van der Waals surface area contributed by atoms with Gasteiger partial charge < -0.3 is 19.9 Å². The van der Waals surface area contributed by atoms with E-state index in [1.165, 1.54) is 0 Å². The summed E-state index contributed by atoms with van der Waals surface area (Å²) < 4.78 is 10.5. The average Bonchev–Trinajstić information content (AvgIpc) is 2.45. The summed E-state index contributed by atoms with van der Waals surface area (Å²) in [5, 5.41) is 12.5. The smallest absolute Gasteiger partial charge is 0.320 e. The topological polar surface area (TPSA) is 67.8 Å². The number of carbonyl (C=O) groups is 1. The van der Waals surface area contributed by atoms with Crippen LogP contribution in [0.1, 0.15) is 39.2 Å². The van der Waals surface area contributed by atoms with Crippen LogP contribution in [0.25, 0.3) is 0 Å². The van der Waals surface area contributed by atoms with Gasteiger partial charge >= 0.3 is 5.97 Å². The van der Waals surface area contributed by atoms with E-state index in [9.17, 15) is 9.90 Å². The molecule has 0 radical (unpaired) electrons. The lowest BCUT2D eigenvalue weighted by Gasteiger charge is -2.22. The molecule has 2 N–H and O–H groups in total. The van der Waals surface area contributed by atoms with Crippen LogP contribution in [0.4, 0.5) is 0 Å². The maximum Gasteiger partial charge on any atom is 0.320 e. The summed E-state index contributed by atoms with van der Waals surface area (Å²) in [6.07, 6.45) is 1.43. The van der Waals surface area contributed by atoms with Gasteiger partial charge in [-0.1, -0.05) is 20.8 Å². The second kappa shape index (κ2) is 8.03. The highest BCUT2D eigenvalue weighted by molar-refractivity contribution is 5.73. The first-order valence-electron chi connectivity index (χ1n) is 7.44. The lowest BCUT2D eigenvalue weighted by atomic mass is 9.88. The normalized spacial score (nSPS) is 12.8. The lowest BCUT2D eigenvalue weighted by Crippen LogP contribution is -2.37. The van der Waals surface area contributed by atoms with E-state index in [4.69, 9.17) is 9.47 Å². The van der Waals surface area contributed by atoms with Gasteiger partial charge in [0.1, 0.15) is 17.5 Å². The van der Waals surface area contributed by atoms with Crippen molar-refractivity contribution in [1.82, 2.24) is 5.32 Å². The first kappa shape index (κ1) is 18.3. The third-order valence-corrected chi connectivity index (χ3v) is 3.51. The predicted octanol–water partition coefficient (Wildman–Crippen LogP) is 3.07. The Kier molecular flexibility index (Phi) is 6.68. The highest BCUT2D eigenvalue weighted by Gasteiger charge is 2.21. The fourth-order valence-electron chi connectivity index (χ4n) is 2.14. The third kappa shape index (κ3) is 5.93. The average molecular weight is 309 g/mol. The van der Waals surface area contributed by atoms with Crippen LogP contribution in [0.2, 0.25) is 0 Å². The van der Waals surface area contributed by atoms with E-state index in [0.29, 0.717) is 18.7 Å². The number of carboxylic acids is 1. The molecule has 124 valence electrons. The summed E-state index contributed by atoms with van der Waals surface area (Å²) in [5.74, 6) is 0.610. The zero-order chi connectivity index (χ0) is 16.8. The molecule has 5 nitrogen and oxygen atoms in total. The number of ether oxygens (including phenoxy) is 2. The molecule has 0 heterocycles. The molecule has 0 bridgehead atoms. The minimum Gasteiger partial charge on any atom is -0.497 e. The van der Waals surface area contributed by atoms with Crippen LogP contribution in [-0.4, -0.2) is 31.3 Å². The Morgan fingerprint density at radius 1 is 1.27 bits per heavy atom. The maximum atomic E-state index is 11.4. The van der Waals surface area contributed by atoms with Crippen molar-refractivity contribution in [3.63, 3.8) is 0 Å². The van der Waals surface area contributed by atoms with Crippen molar-refractivity contribution < 1.29 is 19.4 Å². The lowest BCUT2D eigenvalue weighted by molar-refractivity contribution is -0.139. The van der Waals surface area contributed by atoms with Gasteiger partial charge in [0.25, 0.3) is 0 Å². The minimum absolute atomic E-state index is 0.114. The van der Waals surface area contributed by atoms with Crippen LogP contribution in [0.3, 0.4) is 0 Å². The molecular formula is C17H27NO4. The Bertz CT molecular complexity index is 494. The molecule has 22 heavy (non-hydrogen) atoms. The molecule has 0 aliphatic heterocycles. The standard InChI is InChI=1S/C17H27NO4/c1-17(2,3)9-8-14(16(19)20)18-11-12-10-13(21-4)6-7-15(12)22-5/h6-7,10,14,18H,8-9,11H2,1-5H3,(H,19,20)/t14-/m0/s1. The molecule has 1 aromatic carbocycles. The summed E-state index contributed by atoms with van der Waals surface area (Å²) in [4.78, 5) is 11.4. The molecule has 1 aromatic rings. The van der Waals surface area contributed by atoms with Gasteiger partial charge in [-0.3, -0.25) is 4.79 Å². The summed E-state index contributed by atoms with van der Waals surface area (Å²) in [7, 11) is 3.20. The maximum absolute atomic E-state index is 11.4. The van der Waals surface area contributed by atoms with E-state index in [1.54, 1.807) is 14.2 Å². The highest BCUT2D eigenvalue weighted by atomic mass is 16.5. The van der Waals surface area contributed by atoms with Gasteiger partial charge in [0.15, 0.2) is 0 Å². The van der Waals surface area contributed by atoms with Crippen LogP contribution < -0.4 is 14.8 Å². The molecular weight excluding hydrogens is 282 g/mol. The van der Waals surface area contributed by atoms with Gasteiger partial charge in [0.05, 0.1) is 14.2 Å². The van der Waals surface area contributed by atoms with Crippen molar-refractivity contribution in [3.05, 3.63) is 23.8 Å². The molecule has 0 amide bonds. The van der Waals surface area contributed by atoms with Crippen molar-refractivity contribution in [3.8, 4) is 11.5 Å². The van der Waals surface area contributed by atoms with Gasteiger partial charge in [-0.2, -0.15) is 0 Å². The number of hydrogen-bond donors (Lipinski definition) is 2. The molecule has 0 spiro atoms. The third-order valence-electron chi connectivity index (χ3n) is 3.51. The summed E-state index contributed by atoms with van der Waals surface area (Å²) in [6.45, 7) is 6.74. The molecule has 0 saturated carbocycles. The molecule has 5 heteroatoms. The van der Waals surface area contributed by atoms with Crippen LogP contribution >= 0.6 is 0 Å². The first-order chi connectivity index (χ1) is 10.3. The second-order valence-electron chi connectivity index (χ2n) is 6.55.